The van der Waals surface area contributed by atoms with E-state index in [-0.39, 0.29) is 17.9 Å². The minimum Gasteiger partial charge on any atom is -0.352 e. The third-order valence-corrected chi connectivity index (χ3v) is 6.17. The molecule has 0 aliphatic heterocycles. The summed E-state index contributed by atoms with van der Waals surface area (Å²) >= 11 is 1.51. The quantitative estimate of drug-likeness (QED) is 0.679. The number of nitrogens with one attached hydrogen (secondary N) is 1. The van der Waals surface area contributed by atoms with E-state index in [9.17, 15) is 9.59 Å². The van der Waals surface area contributed by atoms with Gasteiger partial charge < -0.3 is 10.2 Å². The molecule has 0 radical (unpaired) electrons. The highest BCUT2D eigenvalue weighted by Crippen LogP contribution is 2.21. The third kappa shape index (κ3) is 5.86. The molecule has 3 rings (SSSR count). The molecular formula is C23H28N2O2S. The molecule has 0 bridgehead atoms. The average Bonchev–Trinajstić information content (AvgIpc) is 3.24. The SMILES string of the molecule is CC(C(=O)NC1CCCC1)N(Cc1ccccc1)C(=O)CSc1ccccc1. The second-order valence-corrected chi connectivity index (χ2v) is 8.32. The van der Waals surface area contributed by atoms with Crippen LogP contribution >= 0.6 is 11.8 Å². The fraction of sp³-hybridized carbons (Fsp3) is 0.391. The van der Waals surface area contributed by atoms with Gasteiger partial charge in [-0.2, -0.15) is 0 Å². The summed E-state index contributed by atoms with van der Waals surface area (Å²) in [5.41, 5.74) is 1.03. The standard InChI is InChI=1S/C23H28N2O2S/c1-18(23(27)24-20-12-8-9-13-20)25(16-19-10-4-2-5-11-19)22(26)17-28-21-14-6-3-7-15-21/h2-7,10-11,14-15,18,20H,8-9,12-13,16-17H2,1H3,(H,24,27). The van der Waals surface area contributed by atoms with Crippen LogP contribution in [0.15, 0.2) is 65.6 Å². The molecule has 0 aromatic heterocycles. The molecule has 0 spiro atoms. The van der Waals surface area contributed by atoms with Gasteiger partial charge >= 0.3 is 0 Å². The van der Waals surface area contributed by atoms with Gasteiger partial charge in [0.25, 0.3) is 0 Å². The zero-order valence-corrected chi connectivity index (χ0v) is 17.2. The topological polar surface area (TPSA) is 49.4 Å². The van der Waals surface area contributed by atoms with Gasteiger partial charge in [-0.05, 0) is 37.5 Å². The molecule has 2 amide bonds. The first-order valence-corrected chi connectivity index (χ1v) is 10.9. The van der Waals surface area contributed by atoms with Gasteiger partial charge in [-0.1, -0.05) is 61.4 Å². The van der Waals surface area contributed by atoms with Crippen LogP contribution in [-0.2, 0) is 16.1 Å². The number of benzene rings is 2. The van der Waals surface area contributed by atoms with Crippen molar-refractivity contribution >= 4 is 23.6 Å². The Hall–Kier alpha value is -2.27. The van der Waals surface area contributed by atoms with Crippen molar-refractivity contribution in [1.29, 1.82) is 0 Å². The number of rotatable bonds is 8. The fourth-order valence-electron chi connectivity index (χ4n) is 3.50. The number of thioether (sulfide) groups is 1. The van der Waals surface area contributed by atoms with Gasteiger partial charge in [-0.25, -0.2) is 0 Å². The van der Waals surface area contributed by atoms with Crippen molar-refractivity contribution in [3.05, 3.63) is 66.2 Å². The average molecular weight is 397 g/mol. The second kappa shape index (κ2) is 10.3. The van der Waals surface area contributed by atoms with Crippen LogP contribution < -0.4 is 5.32 Å². The van der Waals surface area contributed by atoms with E-state index < -0.39 is 6.04 Å². The summed E-state index contributed by atoms with van der Waals surface area (Å²) in [7, 11) is 0. The summed E-state index contributed by atoms with van der Waals surface area (Å²) in [5, 5.41) is 3.13. The summed E-state index contributed by atoms with van der Waals surface area (Å²) in [6.07, 6.45) is 4.41. The van der Waals surface area contributed by atoms with E-state index in [1.54, 1.807) is 4.90 Å². The molecule has 1 aliphatic carbocycles. The first-order chi connectivity index (χ1) is 13.6. The van der Waals surface area contributed by atoms with Gasteiger partial charge in [0.2, 0.25) is 11.8 Å². The predicted molar refractivity (Wildman–Crippen MR) is 114 cm³/mol. The monoisotopic (exact) mass is 396 g/mol. The zero-order valence-electron chi connectivity index (χ0n) is 16.3. The third-order valence-electron chi connectivity index (χ3n) is 5.17. The van der Waals surface area contributed by atoms with E-state index in [1.807, 2.05) is 67.6 Å². The van der Waals surface area contributed by atoms with Gasteiger partial charge in [-0.15, -0.1) is 11.8 Å². The lowest BCUT2D eigenvalue weighted by molar-refractivity contribution is -0.138. The number of carbonyl (C=O) groups excluding carboxylic acids is 2. The van der Waals surface area contributed by atoms with Crippen LogP contribution in [0.2, 0.25) is 0 Å². The molecule has 5 heteroatoms. The summed E-state index contributed by atoms with van der Waals surface area (Å²) in [4.78, 5) is 28.6. The molecule has 0 heterocycles. The molecule has 2 aromatic carbocycles. The lowest BCUT2D eigenvalue weighted by atomic mass is 10.1. The maximum atomic E-state index is 13.0. The van der Waals surface area contributed by atoms with Gasteiger partial charge in [-0.3, -0.25) is 9.59 Å². The van der Waals surface area contributed by atoms with E-state index >= 15 is 0 Å². The first-order valence-electron chi connectivity index (χ1n) is 9.95. The molecule has 28 heavy (non-hydrogen) atoms. The number of hydrogen-bond donors (Lipinski definition) is 1. The second-order valence-electron chi connectivity index (χ2n) is 7.27. The van der Waals surface area contributed by atoms with E-state index in [1.165, 1.54) is 24.6 Å². The lowest BCUT2D eigenvalue weighted by Gasteiger charge is -2.29. The Kier molecular flexibility index (Phi) is 7.54. The van der Waals surface area contributed by atoms with Crippen LogP contribution in [0, 0.1) is 0 Å². The largest absolute Gasteiger partial charge is 0.352 e. The molecule has 0 saturated heterocycles. The predicted octanol–water partition coefficient (Wildman–Crippen LogP) is 4.25. The lowest BCUT2D eigenvalue weighted by Crippen LogP contribution is -2.50. The van der Waals surface area contributed by atoms with Gasteiger partial charge in [0, 0.05) is 17.5 Å². The highest BCUT2D eigenvalue weighted by Gasteiger charge is 2.28. The Bertz CT molecular complexity index is 761. The van der Waals surface area contributed by atoms with Gasteiger partial charge in [0.15, 0.2) is 0 Å². The molecule has 1 fully saturated rings. The molecule has 1 N–H and O–H groups in total. The Balaban J connectivity index is 1.67. The number of hydrogen-bond acceptors (Lipinski definition) is 3. The molecule has 2 aromatic rings. The van der Waals surface area contributed by atoms with Crippen molar-refractivity contribution < 1.29 is 9.59 Å². The fourth-order valence-corrected chi connectivity index (χ4v) is 4.30. The smallest absolute Gasteiger partial charge is 0.242 e. The Morgan fingerprint density at radius 2 is 1.64 bits per heavy atom. The Labute approximate surface area is 171 Å². The first kappa shape index (κ1) is 20.5. The maximum Gasteiger partial charge on any atom is 0.242 e. The van der Waals surface area contributed by atoms with Crippen LogP contribution in [0.3, 0.4) is 0 Å². The number of nitrogens with zero attached hydrogens (tertiary/aromatic N) is 1. The normalized spacial score (nSPS) is 15.2. The number of amides is 2. The summed E-state index contributed by atoms with van der Waals surface area (Å²) < 4.78 is 0. The Morgan fingerprint density at radius 1 is 1.04 bits per heavy atom. The summed E-state index contributed by atoms with van der Waals surface area (Å²) in [5.74, 6) is 0.241. The molecule has 1 saturated carbocycles. The van der Waals surface area contributed by atoms with Gasteiger partial charge in [0.05, 0.1) is 5.75 Å². The van der Waals surface area contributed by atoms with Crippen molar-refractivity contribution in [3.8, 4) is 0 Å². The highest BCUT2D eigenvalue weighted by atomic mass is 32.2. The Morgan fingerprint density at radius 3 is 2.29 bits per heavy atom. The van der Waals surface area contributed by atoms with Crippen molar-refractivity contribution in [2.24, 2.45) is 0 Å². The van der Waals surface area contributed by atoms with Crippen molar-refractivity contribution in [2.75, 3.05) is 5.75 Å². The molecule has 148 valence electrons. The van der Waals surface area contributed by atoms with Crippen LogP contribution in [0.4, 0.5) is 0 Å². The van der Waals surface area contributed by atoms with Crippen molar-refractivity contribution in [3.63, 3.8) is 0 Å². The maximum absolute atomic E-state index is 13.0. The minimum absolute atomic E-state index is 0.0215. The molecule has 1 unspecified atom stereocenters. The van der Waals surface area contributed by atoms with E-state index in [2.05, 4.69) is 5.32 Å². The number of carbonyl (C=O) groups is 2. The summed E-state index contributed by atoms with van der Waals surface area (Å²) in [6.45, 7) is 2.27. The molecular weight excluding hydrogens is 368 g/mol. The van der Waals surface area contributed by atoms with Crippen molar-refractivity contribution in [1.82, 2.24) is 10.2 Å². The van der Waals surface area contributed by atoms with Gasteiger partial charge in [0.1, 0.15) is 6.04 Å². The van der Waals surface area contributed by atoms with Crippen molar-refractivity contribution in [2.45, 2.75) is 56.1 Å². The van der Waals surface area contributed by atoms with E-state index in [4.69, 9.17) is 0 Å². The van der Waals surface area contributed by atoms with Crippen LogP contribution in [0.5, 0.6) is 0 Å². The van der Waals surface area contributed by atoms with E-state index in [0.717, 1.165) is 23.3 Å². The van der Waals surface area contributed by atoms with E-state index in [0.29, 0.717) is 12.3 Å². The van der Waals surface area contributed by atoms with Crippen LogP contribution in [0.25, 0.3) is 0 Å². The molecule has 1 atom stereocenters. The minimum atomic E-state index is -0.496. The van der Waals surface area contributed by atoms with Crippen LogP contribution in [0.1, 0.15) is 38.2 Å². The molecule has 1 aliphatic rings. The summed E-state index contributed by atoms with van der Waals surface area (Å²) in [6, 6.07) is 19.5. The zero-order chi connectivity index (χ0) is 19.8. The van der Waals surface area contributed by atoms with Crippen LogP contribution in [-0.4, -0.2) is 34.6 Å². The highest BCUT2D eigenvalue weighted by molar-refractivity contribution is 8.00. The molecule has 4 nitrogen and oxygen atoms in total.